The first kappa shape index (κ1) is 28.0. The molecule has 0 amide bonds. The summed E-state index contributed by atoms with van der Waals surface area (Å²) in [4.78, 5) is 23.7. The number of nitrogens with zero attached hydrogens (tertiary/aromatic N) is 5. The number of carbonyl (C=O) groups is 1. The molecule has 2 aromatic carbocycles. The zero-order valence-electron chi connectivity index (χ0n) is 23.9. The van der Waals surface area contributed by atoms with E-state index in [0.29, 0.717) is 41.1 Å². The fourth-order valence-corrected chi connectivity index (χ4v) is 6.10. The van der Waals surface area contributed by atoms with Gasteiger partial charge in [-0.2, -0.15) is 9.65 Å². The van der Waals surface area contributed by atoms with Crippen molar-refractivity contribution >= 4 is 28.0 Å². The zero-order valence-corrected chi connectivity index (χ0v) is 23.9. The molecule has 0 saturated carbocycles. The number of benzene rings is 2. The minimum Gasteiger partial charge on any atom is -0.478 e. The molecule has 44 heavy (non-hydrogen) atoms. The van der Waals surface area contributed by atoms with Crippen molar-refractivity contribution in [2.24, 2.45) is 0 Å². The van der Waals surface area contributed by atoms with Gasteiger partial charge in [-0.25, -0.2) is 14.8 Å². The lowest BCUT2D eigenvalue weighted by atomic mass is 9.93. The summed E-state index contributed by atoms with van der Waals surface area (Å²) in [6, 6.07) is 16.7. The van der Waals surface area contributed by atoms with Crippen molar-refractivity contribution in [2.45, 2.75) is 51.0 Å². The summed E-state index contributed by atoms with van der Waals surface area (Å²) in [6.45, 7) is 3.95. The number of pyridine rings is 1. The van der Waals surface area contributed by atoms with E-state index in [2.05, 4.69) is 15.5 Å². The van der Waals surface area contributed by atoms with Crippen LogP contribution in [0.1, 0.15) is 58.2 Å². The van der Waals surface area contributed by atoms with Crippen LogP contribution in [0.4, 0.5) is 4.39 Å². The molecule has 0 radical (unpaired) electrons. The number of furan rings is 1. The van der Waals surface area contributed by atoms with Crippen LogP contribution in [0.15, 0.2) is 59.0 Å². The molecule has 0 bridgehead atoms. The lowest BCUT2D eigenvalue weighted by Gasteiger charge is -2.32. The molecular weight excluding hydrogens is 565 g/mol. The first-order valence-electron chi connectivity index (χ1n) is 14.7. The Morgan fingerprint density at radius 2 is 1.95 bits per heavy atom. The van der Waals surface area contributed by atoms with Gasteiger partial charge in [-0.3, -0.25) is 4.90 Å². The summed E-state index contributed by atoms with van der Waals surface area (Å²) < 4.78 is 32.8. The topological polar surface area (TPSA) is 127 Å². The number of aromatic nitrogens is 3. The van der Waals surface area contributed by atoms with Crippen LogP contribution in [-0.4, -0.2) is 56.3 Å². The number of hydrogen-bond donors (Lipinski definition) is 1. The Hall–Kier alpha value is -4.79. The van der Waals surface area contributed by atoms with Gasteiger partial charge < -0.3 is 23.6 Å². The molecule has 0 aliphatic carbocycles. The smallest absolute Gasteiger partial charge is 0.335 e. The molecule has 1 N–H and O–H groups in total. The molecule has 5 heterocycles. The van der Waals surface area contributed by atoms with Crippen molar-refractivity contribution in [2.75, 3.05) is 19.7 Å². The van der Waals surface area contributed by atoms with E-state index in [9.17, 15) is 19.6 Å². The molecule has 10 nitrogen and oxygen atoms in total. The van der Waals surface area contributed by atoms with E-state index in [-0.39, 0.29) is 24.2 Å². The quantitative estimate of drug-likeness (QED) is 0.231. The van der Waals surface area contributed by atoms with Crippen LogP contribution in [0.25, 0.3) is 22.0 Å². The molecular formula is C33H30FN5O5. The van der Waals surface area contributed by atoms with Gasteiger partial charge in [0.15, 0.2) is 0 Å². The number of piperidine rings is 1. The van der Waals surface area contributed by atoms with Gasteiger partial charge in [-0.15, -0.1) is 0 Å². The summed E-state index contributed by atoms with van der Waals surface area (Å²) in [7, 11) is 0. The molecule has 1 atom stereocenters. The lowest BCUT2D eigenvalue weighted by molar-refractivity contribution is -0.0592. The number of imidazole rings is 1. The minimum absolute atomic E-state index is 0.120. The van der Waals surface area contributed by atoms with Gasteiger partial charge >= 0.3 is 5.97 Å². The van der Waals surface area contributed by atoms with Gasteiger partial charge in [0, 0.05) is 41.3 Å². The van der Waals surface area contributed by atoms with Crippen LogP contribution >= 0.6 is 0 Å². The number of fused-ring (bicyclic) bond motifs is 2. The van der Waals surface area contributed by atoms with E-state index < -0.39 is 12.0 Å². The third kappa shape index (κ3) is 5.50. The average molecular weight is 596 g/mol. The largest absolute Gasteiger partial charge is 0.478 e. The second kappa shape index (κ2) is 11.7. The van der Waals surface area contributed by atoms with E-state index in [1.807, 2.05) is 12.1 Å². The van der Waals surface area contributed by atoms with Crippen LogP contribution in [0.5, 0.6) is 5.88 Å². The van der Waals surface area contributed by atoms with Crippen molar-refractivity contribution < 1.29 is 28.2 Å². The van der Waals surface area contributed by atoms with Crippen molar-refractivity contribution in [3.05, 3.63) is 88.8 Å². The summed E-state index contributed by atoms with van der Waals surface area (Å²) >= 11 is 0. The molecule has 224 valence electrons. The Morgan fingerprint density at radius 3 is 2.70 bits per heavy atom. The fourth-order valence-electron chi connectivity index (χ4n) is 6.10. The minimum atomic E-state index is -0.953. The maximum atomic E-state index is 13.8. The normalized spacial score (nSPS) is 17.5. The van der Waals surface area contributed by atoms with E-state index in [1.54, 1.807) is 36.4 Å². The number of aromatic carboxylic acids is 1. The number of likely N-dealkylation sites (tertiary alicyclic amines) is 1. The monoisotopic (exact) mass is 595 g/mol. The first-order chi connectivity index (χ1) is 21.4. The second-order valence-electron chi connectivity index (χ2n) is 11.3. The SMILES string of the molecule is N#Cc1ccc(COc2cccc(C3CCN(Cc4nc5ccc(C(=O)O)cc5n4C[C@@H]4CCO4)CC3)n2)c2oc(F)cc12. The summed E-state index contributed by atoms with van der Waals surface area (Å²) in [5.74, 6) is 0.710. The van der Waals surface area contributed by atoms with E-state index in [4.69, 9.17) is 23.9 Å². The number of ether oxygens (including phenoxy) is 2. The predicted octanol–water partition coefficient (Wildman–Crippen LogP) is 5.63. The predicted molar refractivity (Wildman–Crippen MR) is 158 cm³/mol. The molecule has 3 aromatic heterocycles. The van der Waals surface area contributed by atoms with Crippen LogP contribution in [-0.2, 0) is 24.4 Å². The number of carboxylic acids is 1. The van der Waals surface area contributed by atoms with Crippen molar-refractivity contribution in [3.63, 3.8) is 0 Å². The maximum Gasteiger partial charge on any atom is 0.335 e. The average Bonchev–Trinajstić information content (AvgIpc) is 3.57. The van der Waals surface area contributed by atoms with Gasteiger partial charge in [0.2, 0.25) is 5.88 Å². The Bertz CT molecular complexity index is 1900. The molecule has 2 fully saturated rings. The number of hydrogen-bond acceptors (Lipinski definition) is 8. The molecule has 2 aliphatic heterocycles. The van der Waals surface area contributed by atoms with Crippen molar-refractivity contribution in [1.82, 2.24) is 19.4 Å². The molecule has 0 spiro atoms. The number of rotatable bonds is 9. The van der Waals surface area contributed by atoms with Crippen LogP contribution in [0, 0.1) is 17.3 Å². The Balaban J connectivity index is 1.01. The lowest BCUT2D eigenvalue weighted by Crippen LogP contribution is -2.35. The summed E-state index contributed by atoms with van der Waals surface area (Å²) in [5, 5.41) is 19.3. The highest BCUT2D eigenvalue weighted by Gasteiger charge is 2.26. The molecule has 11 heteroatoms. The van der Waals surface area contributed by atoms with Crippen LogP contribution < -0.4 is 4.74 Å². The van der Waals surface area contributed by atoms with Crippen molar-refractivity contribution in [3.8, 4) is 11.9 Å². The number of carboxylic acid groups (broad SMARTS) is 1. The highest BCUT2D eigenvalue weighted by atomic mass is 19.1. The highest BCUT2D eigenvalue weighted by Crippen LogP contribution is 2.31. The van der Waals surface area contributed by atoms with Crippen molar-refractivity contribution in [1.29, 1.82) is 5.26 Å². The molecule has 2 saturated heterocycles. The fraction of sp³-hybridized carbons (Fsp3) is 0.333. The van der Waals surface area contributed by atoms with Crippen LogP contribution in [0.3, 0.4) is 0 Å². The Labute approximate surface area is 252 Å². The number of nitriles is 1. The van der Waals surface area contributed by atoms with Gasteiger partial charge in [-0.1, -0.05) is 12.1 Å². The third-order valence-corrected chi connectivity index (χ3v) is 8.60. The van der Waals surface area contributed by atoms with E-state index >= 15 is 0 Å². The van der Waals surface area contributed by atoms with Gasteiger partial charge in [0.05, 0.1) is 47.4 Å². The summed E-state index contributed by atoms with van der Waals surface area (Å²) in [6.07, 6.45) is 2.95. The first-order valence-corrected chi connectivity index (χ1v) is 14.7. The Kier molecular flexibility index (Phi) is 7.46. The summed E-state index contributed by atoms with van der Waals surface area (Å²) in [5.41, 5.74) is 4.12. The van der Waals surface area contributed by atoms with Crippen LogP contribution in [0.2, 0.25) is 0 Å². The zero-order chi connectivity index (χ0) is 30.2. The number of halogens is 1. The molecule has 2 aliphatic rings. The molecule has 7 rings (SSSR count). The van der Waals surface area contributed by atoms with E-state index in [1.165, 1.54) is 6.07 Å². The maximum absolute atomic E-state index is 13.8. The van der Waals surface area contributed by atoms with Gasteiger partial charge in [-0.05, 0) is 62.7 Å². The second-order valence-corrected chi connectivity index (χ2v) is 11.3. The third-order valence-electron chi connectivity index (χ3n) is 8.60. The van der Waals surface area contributed by atoms with E-state index in [0.717, 1.165) is 61.5 Å². The standard InChI is InChI=1S/C33H30FN5O5/c34-29-15-25-22(16-35)4-5-23(32(25)44-29)19-43-31-3-1-2-26(37-31)20-8-11-38(12-9-20)18-30-36-27-7-6-21(33(40)41)14-28(27)39(30)17-24-10-13-42-24/h1-7,14-15,20,24H,8-13,17-19H2,(H,40,41)/t24-/m0/s1. The highest BCUT2D eigenvalue weighted by molar-refractivity contribution is 5.92. The molecule has 5 aromatic rings. The Morgan fingerprint density at radius 1 is 1.11 bits per heavy atom. The molecule has 0 unspecified atom stereocenters. The van der Waals surface area contributed by atoms with Gasteiger partial charge in [0.25, 0.3) is 6.01 Å². The van der Waals surface area contributed by atoms with Gasteiger partial charge in [0.1, 0.15) is 18.0 Å².